The van der Waals surface area contributed by atoms with E-state index in [9.17, 15) is 4.79 Å². The van der Waals surface area contributed by atoms with Crippen molar-refractivity contribution in [3.63, 3.8) is 0 Å². The van der Waals surface area contributed by atoms with Crippen molar-refractivity contribution >= 4 is 11.6 Å². The molecule has 0 atom stereocenters. The summed E-state index contributed by atoms with van der Waals surface area (Å²) < 4.78 is 0. The van der Waals surface area contributed by atoms with Crippen molar-refractivity contribution in [1.29, 1.82) is 0 Å². The van der Waals surface area contributed by atoms with E-state index in [1.165, 1.54) is 0 Å². The van der Waals surface area contributed by atoms with Crippen molar-refractivity contribution in [2.75, 3.05) is 13.1 Å². The van der Waals surface area contributed by atoms with Crippen molar-refractivity contribution < 1.29 is 9.63 Å². The second-order valence-electron chi connectivity index (χ2n) is 5.46. The molecular weight excluding hydrogens is 290 g/mol. The Labute approximate surface area is 135 Å². The van der Waals surface area contributed by atoms with Gasteiger partial charge in [0, 0.05) is 30.9 Å². The van der Waals surface area contributed by atoms with Crippen LogP contribution in [0.2, 0.25) is 0 Å². The Morgan fingerprint density at radius 3 is 2.78 bits per heavy atom. The first kappa shape index (κ1) is 15.2. The fraction of sp³-hybridized carbons (Fsp3) is 0.278. The summed E-state index contributed by atoms with van der Waals surface area (Å²) in [7, 11) is 0. The van der Waals surface area contributed by atoms with Gasteiger partial charge in [0.2, 0.25) is 5.91 Å². The molecule has 1 saturated heterocycles. The van der Waals surface area contributed by atoms with Crippen molar-refractivity contribution in [1.82, 2.24) is 9.88 Å². The average molecular weight is 309 g/mol. The fourth-order valence-corrected chi connectivity index (χ4v) is 2.52. The minimum absolute atomic E-state index is 0.171. The third kappa shape index (κ3) is 4.16. The summed E-state index contributed by atoms with van der Waals surface area (Å²) in [6.07, 6.45) is 4.98. The zero-order valence-corrected chi connectivity index (χ0v) is 12.9. The number of benzene rings is 1. The van der Waals surface area contributed by atoms with Gasteiger partial charge in [-0.25, -0.2) is 0 Å². The van der Waals surface area contributed by atoms with Gasteiger partial charge in [0.15, 0.2) is 0 Å². The number of hydrogen-bond acceptors (Lipinski definition) is 4. The van der Waals surface area contributed by atoms with E-state index in [1.54, 1.807) is 12.4 Å². The zero-order valence-electron chi connectivity index (χ0n) is 12.9. The molecule has 1 aliphatic rings. The maximum Gasteiger partial charge on any atom is 0.222 e. The molecule has 0 unspecified atom stereocenters. The second-order valence-corrected chi connectivity index (χ2v) is 5.46. The molecule has 0 N–H and O–H groups in total. The van der Waals surface area contributed by atoms with Crippen LogP contribution in [0.5, 0.6) is 0 Å². The molecule has 0 radical (unpaired) electrons. The topological polar surface area (TPSA) is 54.8 Å². The van der Waals surface area contributed by atoms with Crippen LogP contribution in [-0.2, 0) is 16.2 Å². The lowest BCUT2D eigenvalue weighted by Crippen LogP contribution is -2.31. The van der Waals surface area contributed by atoms with Crippen LogP contribution in [0, 0.1) is 0 Å². The maximum atomic E-state index is 11.9. The first-order valence-corrected chi connectivity index (χ1v) is 7.74. The number of hydrogen-bond donors (Lipinski definition) is 0. The highest BCUT2D eigenvalue weighted by atomic mass is 16.6. The van der Waals surface area contributed by atoms with E-state index in [1.807, 2.05) is 47.4 Å². The molecule has 2 heterocycles. The minimum atomic E-state index is 0.171. The number of amides is 1. The lowest BCUT2D eigenvalue weighted by Gasteiger charge is -2.16. The van der Waals surface area contributed by atoms with E-state index in [-0.39, 0.29) is 5.91 Å². The van der Waals surface area contributed by atoms with Crippen LogP contribution in [0.25, 0.3) is 0 Å². The Bertz CT molecular complexity index is 671. The molecule has 118 valence electrons. The highest BCUT2D eigenvalue weighted by Crippen LogP contribution is 2.12. The van der Waals surface area contributed by atoms with Crippen LogP contribution in [0.3, 0.4) is 0 Å². The molecule has 1 aromatic heterocycles. The van der Waals surface area contributed by atoms with Gasteiger partial charge < -0.3 is 9.74 Å². The van der Waals surface area contributed by atoms with Crippen LogP contribution in [-0.4, -0.2) is 34.6 Å². The van der Waals surface area contributed by atoms with Crippen LogP contribution in [0.4, 0.5) is 0 Å². The van der Waals surface area contributed by atoms with E-state index < -0.39 is 0 Å². The van der Waals surface area contributed by atoms with Crippen molar-refractivity contribution in [3.05, 3.63) is 66.0 Å². The number of carbonyl (C=O) groups is 1. The molecule has 0 saturated carbocycles. The highest BCUT2D eigenvalue weighted by molar-refractivity contribution is 6.03. The van der Waals surface area contributed by atoms with Crippen LogP contribution in [0.1, 0.15) is 24.0 Å². The number of nitrogens with zero attached hydrogens (tertiary/aromatic N) is 3. The number of carbonyl (C=O) groups excluding carboxylic acids is 1. The summed E-state index contributed by atoms with van der Waals surface area (Å²) in [5.74, 6) is 0.171. The standard InChI is InChI=1S/C18H19N3O2/c22-18-9-5-11-21(18)13-17(16-8-4-10-19-12-16)20-23-14-15-6-2-1-3-7-15/h1-4,6-8,10,12H,5,9,11,13-14H2. The zero-order chi connectivity index (χ0) is 15.9. The van der Waals surface area contributed by atoms with Gasteiger partial charge in [0.05, 0.1) is 6.54 Å². The van der Waals surface area contributed by atoms with Gasteiger partial charge in [-0.3, -0.25) is 9.78 Å². The van der Waals surface area contributed by atoms with Gasteiger partial charge in [-0.1, -0.05) is 35.5 Å². The summed E-state index contributed by atoms with van der Waals surface area (Å²) in [6, 6.07) is 13.7. The number of aromatic nitrogens is 1. The summed E-state index contributed by atoms with van der Waals surface area (Å²) in [5, 5.41) is 4.27. The van der Waals surface area contributed by atoms with Gasteiger partial charge in [-0.15, -0.1) is 0 Å². The number of likely N-dealkylation sites (tertiary alicyclic amines) is 1. The van der Waals surface area contributed by atoms with E-state index in [2.05, 4.69) is 10.1 Å². The SMILES string of the molecule is O=C1CCCN1CC(=NOCc1ccccc1)c1cccnc1. The molecule has 5 heteroatoms. The maximum absolute atomic E-state index is 11.9. The van der Waals surface area contributed by atoms with Gasteiger partial charge >= 0.3 is 0 Å². The smallest absolute Gasteiger partial charge is 0.222 e. The predicted octanol–water partition coefficient (Wildman–Crippen LogP) is 2.62. The fourth-order valence-electron chi connectivity index (χ4n) is 2.52. The first-order valence-electron chi connectivity index (χ1n) is 7.74. The molecule has 1 aliphatic heterocycles. The third-order valence-electron chi connectivity index (χ3n) is 3.76. The molecular formula is C18H19N3O2. The highest BCUT2D eigenvalue weighted by Gasteiger charge is 2.22. The van der Waals surface area contributed by atoms with E-state index >= 15 is 0 Å². The molecule has 2 aromatic rings. The van der Waals surface area contributed by atoms with Gasteiger partial charge in [-0.2, -0.15) is 0 Å². The Hall–Kier alpha value is -2.69. The molecule has 1 aromatic carbocycles. The molecule has 0 spiro atoms. The number of rotatable bonds is 6. The second kappa shape index (κ2) is 7.54. The van der Waals surface area contributed by atoms with Crippen LogP contribution in [0.15, 0.2) is 60.0 Å². The summed E-state index contributed by atoms with van der Waals surface area (Å²) >= 11 is 0. The van der Waals surface area contributed by atoms with Crippen molar-refractivity contribution in [2.45, 2.75) is 19.4 Å². The Balaban J connectivity index is 1.72. The lowest BCUT2D eigenvalue weighted by molar-refractivity contribution is -0.127. The lowest BCUT2D eigenvalue weighted by atomic mass is 10.1. The van der Waals surface area contributed by atoms with Crippen molar-refractivity contribution in [3.8, 4) is 0 Å². The molecule has 3 rings (SSSR count). The van der Waals surface area contributed by atoms with Gasteiger partial charge in [0.1, 0.15) is 12.3 Å². The predicted molar refractivity (Wildman–Crippen MR) is 87.8 cm³/mol. The number of oxime groups is 1. The third-order valence-corrected chi connectivity index (χ3v) is 3.76. The van der Waals surface area contributed by atoms with E-state index in [0.717, 1.165) is 29.8 Å². The molecule has 1 amide bonds. The first-order chi connectivity index (χ1) is 11.3. The van der Waals surface area contributed by atoms with E-state index in [0.29, 0.717) is 19.6 Å². The average Bonchev–Trinajstić information content (AvgIpc) is 3.01. The summed E-state index contributed by atoms with van der Waals surface area (Å²) in [5.41, 5.74) is 2.66. The molecule has 0 bridgehead atoms. The van der Waals surface area contributed by atoms with Crippen LogP contribution < -0.4 is 0 Å². The largest absolute Gasteiger partial charge is 0.391 e. The molecule has 5 nitrogen and oxygen atoms in total. The summed E-state index contributed by atoms with van der Waals surface area (Å²) in [4.78, 5) is 23.3. The summed E-state index contributed by atoms with van der Waals surface area (Å²) in [6.45, 7) is 1.63. The molecule has 0 aliphatic carbocycles. The minimum Gasteiger partial charge on any atom is -0.391 e. The van der Waals surface area contributed by atoms with Crippen LogP contribution >= 0.6 is 0 Å². The van der Waals surface area contributed by atoms with Gasteiger partial charge in [0.25, 0.3) is 0 Å². The van der Waals surface area contributed by atoms with E-state index in [4.69, 9.17) is 4.84 Å². The Morgan fingerprint density at radius 2 is 2.09 bits per heavy atom. The molecule has 23 heavy (non-hydrogen) atoms. The van der Waals surface area contributed by atoms with Crippen molar-refractivity contribution in [2.24, 2.45) is 5.16 Å². The Morgan fingerprint density at radius 1 is 1.22 bits per heavy atom. The number of pyridine rings is 1. The Kier molecular flexibility index (Phi) is 4.99. The normalized spacial score (nSPS) is 15.0. The quantitative estimate of drug-likeness (QED) is 0.609. The monoisotopic (exact) mass is 309 g/mol. The van der Waals surface area contributed by atoms with Gasteiger partial charge in [-0.05, 0) is 24.1 Å². The molecule has 1 fully saturated rings.